The van der Waals surface area contributed by atoms with Crippen molar-refractivity contribution in [2.24, 2.45) is 0 Å². The summed E-state index contributed by atoms with van der Waals surface area (Å²) in [5, 5.41) is 19.9. The van der Waals surface area contributed by atoms with Crippen molar-refractivity contribution in [2.45, 2.75) is 25.7 Å². The molecule has 2 heterocycles. The second kappa shape index (κ2) is 7.55. The summed E-state index contributed by atoms with van der Waals surface area (Å²) in [4.78, 5) is 14.5. The highest BCUT2D eigenvalue weighted by molar-refractivity contribution is 6.02. The van der Waals surface area contributed by atoms with Crippen LogP contribution >= 0.6 is 0 Å². The lowest BCUT2D eigenvalue weighted by Gasteiger charge is -2.20. The number of amides is 1. The molecule has 0 atom stereocenters. The number of benzene rings is 1. The standard InChI is InChI=1S/C18H19N5O/c19-13-14-6-5-7-15(12-14)20-18(24)16-8-9-17(22-21-16)23-10-3-1-2-4-11-23/h5-9,12H,1-4,10-11H2,(H,20,24). The molecule has 1 aliphatic heterocycles. The minimum Gasteiger partial charge on any atom is -0.355 e. The first-order valence-corrected chi connectivity index (χ1v) is 8.16. The maximum absolute atomic E-state index is 12.2. The van der Waals surface area contributed by atoms with Crippen molar-refractivity contribution in [3.63, 3.8) is 0 Å². The molecule has 0 spiro atoms. The van der Waals surface area contributed by atoms with Gasteiger partial charge in [0.15, 0.2) is 11.5 Å². The Labute approximate surface area is 141 Å². The molecular weight excluding hydrogens is 302 g/mol. The lowest BCUT2D eigenvalue weighted by atomic mass is 10.2. The molecule has 1 N–H and O–H groups in total. The van der Waals surface area contributed by atoms with Crippen molar-refractivity contribution in [1.29, 1.82) is 5.26 Å². The van der Waals surface area contributed by atoms with Gasteiger partial charge in [-0.1, -0.05) is 18.9 Å². The zero-order valence-corrected chi connectivity index (χ0v) is 13.4. The minimum absolute atomic E-state index is 0.260. The van der Waals surface area contributed by atoms with Crippen LogP contribution in [0.15, 0.2) is 36.4 Å². The van der Waals surface area contributed by atoms with Crippen molar-refractivity contribution in [3.05, 3.63) is 47.7 Å². The first kappa shape index (κ1) is 15.9. The zero-order valence-electron chi connectivity index (χ0n) is 13.4. The van der Waals surface area contributed by atoms with E-state index < -0.39 is 0 Å². The average Bonchev–Trinajstić information content (AvgIpc) is 2.91. The van der Waals surface area contributed by atoms with Crippen molar-refractivity contribution in [2.75, 3.05) is 23.3 Å². The summed E-state index contributed by atoms with van der Waals surface area (Å²) in [7, 11) is 0. The molecule has 122 valence electrons. The minimum atomic E-state index is -0.333. The van der Waals surface area contributed by atoms with E-state index in [2.05, 4.69) is 20.4 Å². The molecule has 3 rings (SSSR count). The van der Waals surface area contributed by atoms with E-state index >= 15 is 0 Å². The average molecular weight is 321 g/mol. The van der Waals surface area contributed by atoms with Gasteiger partial charge in [-0.2, -0.15) is 5.26 Å². The molecule has 0 saturated carbocycles. The van der Waals surface area contributed by atoms with Gasteiger partial charge in [-0.25, -0.2) is 0 Å². The Morgan fingerprint density at radius 3 is 2.54 bits per heavy atom. The summed E-state index contributed by atoms with van der Waals surface area (Å²) < 4.78 is 0. The quantitative estimate of drug-likeness (QED) is 0.940. The van der Waals surface area contributed by atoms with Gasteiger partial charge in [0.05, 0.1) is 11.6 Å². The fraction of sp³-hybridized carbons (Fsp3) is 0.333. The SMILES string of the molecule is N#Cc1cccc(NC(=O)c2ccc(N3CCCCCC3)nn2)c1. The molecular formula is C18H19N5O. The van der Waals surface area contributed by atoms with E-state index in [0.29, 0.717) is 11.3 Å². The molecule has 1 amide bonds. The fourth-order valence-electron chi connectivity index (χ4n) is 2.78. The molecule has 0 radical (unpaired) electrons. The van der Waals surface area contributed by atoms with Crippen molar-refractivity contribution in [3.8, 4) is 6.07 Å². The van der Waals surface area contributed by atoms with Gasteiger partial charge in [0.1, 0.15) is 0 Å². The molecule has 1 fully saturated rings. The van der Waals surface area contributed by atoms with Crippen molar-refractivity contribution >= 4 is 17.4 Å². The number of anilines is 2. The number of hydrogen-bond acceptors (Lipinski definition) is 5. The third-order valence-electron chi connectivity index (χ3n) is 4.06. The highest BCUT2D eigenvalue weighted by Gasteiger charge is 2.14. The lowest BCUT2D eigenvalue weighted by molar-refractivity contribution is 0.102. The number of nitrogens with one attached hydrogen (secondary N) is 1. The predicted molar refractivity (Wildman–Crippen MR) is 91.8 cm³/mol. The summed E-state index contributed by atoms with van der Waals surface area (Å²) in [6.45, 7) is 1.97. The first-order valence-electron chi connectivity index (χ1n) is 8.16. The van der Waals surface area contributed by atoms with Crippen LogP contribution in [0.4, 0.5) is 11.5 Å². The Bertz CT molecular complexity index is 743. The lowest BCUT2D eigenvalue weighted by Crippen LogP contribution is -2.25. The van der Waals surface area contributed by atoms with Crippen LogP contribution in [0.1, 0.15) is 41.7 Å². The van der Waals surface area contributed by atoms with Crippen LogP contribution < -0.4 is 10.2 Å². The van der Waals surface area contributed by atoms with Crippen LogP contribution in [0.25, 0.3) is 0 Å². The second-order valence-corrected chi connectivity index (χ2v) is 5.82. The van der Waals surface area contributed by atoms with Gasteiger partial charge >= 0.3 is 0 Å². The third kappa shape index (κ3) is 3.87. The number of rotatable bonds is 3. The Morgan fingerprint density at radius 1 is 1.08 bits per heavy atom. The fourth-order valence-corrected chi connectivity index (χ4v) is 2.78. The molecule has 1 aromatic heterocycles. The van der Waals surface area contributed by atoms with E-state index in [0.717, 1.165) is 18.9 Å². The Hall–Kier alpha value is -2.94. The molecule has 0 bridgehead atoms. The first-order chi connectivity index (χ1) is 11.8. The van der Waals surface area contributed by atoms with E-state index in [9.17, 15) is 4.79 Å². The summed E-state index contributed by atoms with van der Waals surface area (Å²) >= 11 is 0. The van der Waals surface area contributed by atoms with Crippen LogP contribution in [-0.4, -0.2) is 29.2 Å². The number of nitrogens with zero attached hydrogens (tertiary/aromatic N) is 4. The molecule has 6 heteroatoms. The van der Waals surface area contributed by atoms with Crippen molar-refractivity contribution < 1.29 is 4.79 Å². The van der Waals surface area contributed by atoms with E-state index in [4.69, 9.17) is 5.26 Å². The topological polar surface area (TPSA) is 81.9 Å². The van der Waals surface area contributed by atoms with Gasteiger partial charge in [0.2, 0.25) is 0 Å². The summed E-state index contributed by atoms with van der Waals surface area (Å²) in [5.74, 6) is 0.486. The van der Waals surface area contributed by atoms with Gasteiger partial charge < -0.3 is 10.2 Å². The predicted octanol–water partition coefficient (Wildman–Crippen LogP) is 2.98. The molecule has 6 nitrogen and oxygen atoms in total. The van der Waals surface area contributed by atoms with Gasteiger partial charge in [-0.3, -0.25) is 4.79 Å². The van der Waals surface area contributed by atoms with Gasteiger partial charge in [0, 0.05) is 18.8 Å². The monoisotopic (exact) mass is 321 g/mol. The molecule has 2 aromatic rings. The number of carbonyl (C=O) groups is 1. The van der Waals surface area contributed by atoms with E-state index in [-0.39, 0.29) is 11.6 Å². The van der Waals surface area contributed by atoms with Crippen LogP contribution in [0, 0.1) is 11.3 Å². The maximum atomic E-state index is 12.2. The number of carbonyl (C=O) groups excluding carboxylic acids is 1. The summed E-state index contributed by atoms with van der Waals surface area (Å²) in [5.41, 5.74) is 1.32. The smallest absolute Gasteiger partial charge is 0.276 e. The molecule has 1 aromatic carbocycles. The van der Waals surface area contributed by atoms with Crippen LogP contribution in [0.5, 0.6) is 0 Å². The third-order valence-corrected chi connectivity index (χ3v) is 4.06. The van der Waals surface area contributed by atoms with Crippen molar-refractivity contribution in [1.82, 2.24) is 10.2 Å². The van der Waals surface area contributed by atoms with Crippen LogP contribution in [0.2, 0.25) is 0 Å². The number of nitriles is 1. The van der Waals surface area contributed by atoms with E-state index in [1.165, 1.54) is 25.7 Å². The Kier molecular flexibility index (Phi) is 5.02. The summed E-state index contributed by atoms with van der Waals surface area (Å²) in [6, 6.07) is 12.3. The highest BCUT2D eigenvalue weighted by atomic mass is 16.1. The van der Waals surface area contributed by atoms with Gasteiger partial charge in [-0.15, -0.1) is 10.2 Å². The molecule has 1 aliphatic rings. The molecule has 24 heavy (non-hydrogen) atoms. The van der Waals surface area contributed by atoms with Crippen LogP contribution in [0.3, 0.4) is 0 Å². The second-order valence-electron chi connectivity index (χ2n) is 5.82. The Morgan fingerprint density at radius 2 is 1.88 bits per heavy atom. The van der Waals surface area contributed by atoms with Gasteiger partial charge in [0.25, 0.3) is 5.91 Å². The van der Waals surface area contributed by atoms with Gasteiger partial charge in [-0.05, 0) is 43.2 Å². The van der Waals surface area contributed by atoms with Crippen LogP contribution in [-0.2, 0) is 0 Å². The largest absolute Gasteiger partial charge is 0.355 e. The summed E-state index contributed by atoms with van der Waals surface area (Å²) in [6.07, 6.45) is 4.84. The maximum Gasteiger partial charge on any atom is 0.276 e. The van der Waals surface area contributed by atoms with E-state index in [1.807, 2.05) is 12.1 Å². The normalized spacial score (nSPS) is 14.5. The Balaban J connectivity index is 1.68. The van der Waals surface area contributed by atoms with E-state index in [1.54, 1.807) is 30.3 Å². The molecule has 0 aliphatic carbocycles. The molecule has 1 saturated heterocycles. The number of hydrogen-bond donors (Lipinski definition) is 1. The number of aromatic nitrogens is 2. The zero-order chi connectivity index (χ0) is 16.8. The highest BCUT2D eigenvalue weighted by Crippen LogP contribution is 2.17. The molecule has 0 unspecified atom stereocenters.